The maximum Gasteiger partial charge on any atom is 0.226 e. The van der Waals surface area contributed by atoms with E-state index in [0.717, 1.165) is 37.6 Å². The predicted octanol–water partition coefficient (Wildman–Crippen LogP) is 2.15. The van der Waals surface area contributed by atoms with Gasteiger partial charge in [-0.2, -0.15) is 0 Å². The van der Waals surface area contributed by atoms with Gasteiger partial charge in [0.15, 0.2) is 0 Å². The van der Waals surface area contributed by atoms with Crippen LogP contribution in [0.3, 0.4) is 0 Å². The summed E-state index contributed by atoms with van der Waals surface area (Å²) in [6, 6.07) is 0.338. The highest BCUT2D eigenvalue weighted by atomic mass is 16.2. The SMILES string of the molecule is NC[C@@H]1CCCN1C(=O)[C@@H]1C[C@@H]1C1CCCCC1. The van der Waals surface area contributed by atoms with Gasteiger partial charge < -0.3 is 10.6 Å². The molecule has 3 heteroatoms. The van der Waals surface area contributed by atoms with Crippen LogP contribution in [0.4, 0.5) is 0 Å². The summed E-state index contributed by atoms with van der Waals surface area (Å²) in [6.45, 7) is 1.60. The van der Waals surface area contributed by atoms with Crippen molar-refractivity contribution in [1.82, 2.24) is 4.90 Å². The molecule has 0 spiro atoms. The van der Waals surface area contributed by atoms with Crippen molar-refractivity contribution >= 4 is 5.91 Å². The minimum atomic E-state index is 0.338. The lowest BCUT2D eigenvalue weighted by molar-refractivity contribution is -0.133. The van der Waals surface area contributed by atoms with E-state index >= 15 is 0 Å². The monoisotopic (exact) mass is 250 g/mol. The summed E-state index contributed by atoms with van der Waals surface area (Å²) >= 11 is 0. The molecule has 3 fully saturated rings. The van der Waals surface area contributed by atoms with E-state index in [1.807, 2.05) is 0 Å². The Morgan fingerprint density at radius 1 is 1.11 bits per heavy atom. The second-order valence-electron chi connectivity index (χ2n) is 6.47. The van der Waals surface area contributed by atoms with Crippen LogP contribution < -0.4 is 5.73 Å². The van der Waals surface area contributed by atoms with Crippen LogP contribution in [-0.2, 0) is 4.79 Å². The zero-order valence-electron chi connectivity index (χ0n) is 11.3. The highest BCUT2D eigenvalue weighted by Crippen LogP contribution is 2.50. The Hall–Kier alpha value is -0.570. The minimum Gasteiger partial charge on any atom is -0.338 e. The lowest BCUT2D eigenvalue weighted by Crippen LogP contribution is -2.41. The number of likely N-dealkylation sites (tertiary alicyclic amines) is 1. The van der Waals surface area contributed by atoms with Crippen LogP contribution >= 0.6 is 0 Å². The van der Waals surface area contributed by atoms with E-state index in [4.69, 9.17) is 5.73 Å². The zero-order chi connectivity index (χ0) is 12.5. The third kappa shape index (κ3) is 2.29. The molecule has 18 heavy (non-hydrogen) atoms. The van der Waals surface area contributed by atoms with Crippen molar-refractivity contribution in [3.05, 3.63) is 0 Å². The smallest absolute Gasteiger partial charge is 0.226 e. The highest BCUT2D eigenvalue weighted by molar-refractivity contribution is 5.82. The first kappa shape index (κ1) is 12.5. The van der Waals surface area contributed by atoms with Crippen molar-refractivity contribution in [2.45, 2.75) is 57.4 Å². The molecule has 1 amide bonds. The number of carbonyl (C=O) groups is 1. The standard InChI is InChI=1S/C15H26N2O/c16-10-12-7-4-8-17(12)15(18)14-9-13(14)11-5-2-1-3-6-11/h11-14H,1-10,16H2/t12-,13+,14+/m0/s1. The van der Waals surface area contributed by atoms with Gasteiger partial charge in [-0.3, -0.25) is 4.79 Å². The number of hydrogen-bond donors (Lipinski definition) is 1. The van der Waals surface area contributed by atoms with Gasteiger partial charge >= 0.3 is 0 Å². The van der Waals surface area contributed by atoms with Gasteiger partial charge in [0, 0.05) is 25.0 Å². The quantitative estimate of drug-likeness (QED) is 0.834. The molecule has 0 bridgehead atoms. The molecule has 2 aliphatic carbocycles. The molecular weight excluding hydrogens is 224 g/mol. The summed E-state index contributed by atoms with van der Waals surface area (Å²) in [6.07, 6.45) is 10.3. The second-order valence-corrected chi connectivity index (χ2v) is 6.47. The van der Waals surface area contributed by atoms with Crippen molar-refractivity contribution in [1.29, 1.82) is 0 Å². The van der Waals surface area contributed by atoms with E-state index in [-0.39, 0.29) is 0 Å². The Labute approximate surface area is 110 Å². The van der Waals surface area contributed by atoms with Crippen LogP contribution in [0.1, 0.15) is 51.4 Å². The highest BCUT2D eigenvalue weighted by Gasteiger charge is 2.49. The number of hydrogen-bond acceptors (Lipinski definition) is 2. The molecule has 3 atom stereocenters. The maximum atomic E-state index is 12.5. The van der Waals surface area contributed by atoms with Gasteiger partial charge in [0.25, 0.3) is 0 Å². The molecule has 0 unspecified atom stereocenters. The van der Waals surface area contributed by atoms with Crippen LogP contribution in [0.2, 0.25) is 0 Å². The molecule has 1 heterocycles. The second kappa shape index (κ2) is 5.20. The van der Waals surface area contributed by atoms with Crippen LogP contribution in [0.25, 0.3) is 0 Å². The summed E-state index contributed by atoms with van der Waals surface area (Å²) in [4.78, 5) is 14.6. The first-order valence-electron chi connectivity index (χ1n) is 7.82. The topological polar surface area (TPSA) is 46.3 Å². The molecule has 1 aliphatic heterocycles. The lowest BCUT2D eigenvalue weighted by atomic mass is 9.85. The van der Waals surface area contributed by atoms with Gasteiger partial charge in [-0.25, -0.2) is 0 Å². The van der Waals surface area contributed by atoms with Crippen molar-refractivity contribution in [2.75, 3.05) is 13.1 Å². The van der Waals surface area contributed by atoms with E-state index in [9.17, 15) is 4.79 Å². The molecule has 2 N–H and O–H groups in total. The predicted molar refractivity (Wildman–Crippen MR) is 72.0 cm³/mol. The maximum absolute atomic E-state index is 12.5. The average molecular weight is 250 g/mol. The number of nitrogens with zero attached hydrogens (tertiary/aromatic N) is 1. The van der Waals surface area contributed by atoms with E-state index in [2.05, 4.69) is 4.90 Å². The molecular formula is C15H26N2O. The normalized spacial score (nSPS) is 36.9. The summed E-state index contributed by atoms with van der Waals surface area (Å²) in [5, 5.41) is 0. The van der Waals surface area contributed by atoms with E-state index in [0.29, 0.717) is 24.4 Å². The van der Waals surface area contributed by atoms with Crippen molar-refractivity contribution < 1.29 is 4.79 Å². The summed E-state index contributed by atoms with van der Waals surface area (Å²) in [5.41, 5.74) is 5.77. The molecule has 0 aromatic heterocycles. The summed E-state index contributed by atoms with van der Waals surface area (Å²) in [5.74, 6) is 2.36. The molecule has 0 aromatic rings. The lowest BCUT2D eigenvalue weighted by Gasteiger charge is -2.25. The molecule has 3 rings (SSSR count). The number of carbonyl (C=O) groups excluding carboxylic acids is 1. The Balaban J connectivity index is 1.55. The number of nitrogens with two attached hydrogens (primary N) is 1. The minimum absolute atomic E-state index is 0.338. The van der Waals surface area contributed by atoms with Crippen LogP contribution in [0, 0.1) is 17.8 Å². The van der Waals surface area contributed by atoms with E-state index in [1.165, 1.54) is 32.1 Å². The Bertz CT molecular complexity index is 312. The molecule has 1 saturated heterocycles. The molecule has 2 saturated carbocycles. The zero-order valence-corrected chi connectivity index (χ0v) is 11.3. The first-order valence-corrected chi connectivity index (χ1v) is 7.82. The van der Waals surface area contributed by atoms with Crippen LogP contribution in [-0.4, -0.2) is 29.9 Å². The third-order valence-electron chi connectivity index (χ3n) is 5.34. The third-order valence-corrected chi connectivity index (χ3v) is 5.34. The van der Waals surface area contributed by atoms with E-state index in [1.54, 1.807) is 0 Å². The van der Waals surface area contributed by atoms with Crippen molar-refractivity contribution in [3.8, 4) is 0 Å². The molecule has 3 aliphatic rings. The van der Waals surface area contributed by atoms with Gasteiger partial charge in [0.05, 0.1) is 0 Å². The van der Waals surface area contributed by atoms with Crippen LogP contribution in [0.15, 0.2) is 0 Å². The molecule has 0 aromatic carbocycles. The summed E-state index contributed by atoms with van der Waals surface area (Å²) in [7, 11) is 0. The fourth-order valence-corrected chi connectivity index (χ4v) is 4.17. The van der Waals surface area contributed by atoms with Crippen LogP contribution in [0.5, 0.6) is 0 Å². The Kier molecular flexibility index (Phi) is 3.60. The summed E-state index contributed by atoms with van der Waals surface area (Å²) < 4.78 is 0. The van der Waals surface area contributed by atoms with Gasteiger partial charge in [-0.15, -0.1) is 0 Å². The largest absolute Gasteiger partial charge is 0.338 e. The Morgan fingerprint density at radius 3 is 2.61 bits per heavy atom. The molecule has 102 valence electrons. The first-order chi connectivity index (χ1) is 8.81. The fourth-order valence-electron chi connectivity index (χ4n) is 4.17. The van der Waals surface area contributed by atoms with Gasteiger partial charge in [0.1, 0.15) is 0 Å². The average Bonchev–Trinajstić information content (AvgIpc) is 3.08. The number of rotatable bonds is 3. The number of amides is 1. The van der Waals surface area contributed by atoms with Crippen molar-refractivity contribution in [3.63, 3.8) is 0 Å². The van der Waals surface area contributed by atoms with Gasteiger partial charge in [-0.1, -0.05) is 32.1 Å². The van der Waals surface area contributed by atoms with Crippen molar-refractivity contribution in [2.24, 2.45) is 23.5 Å². The van der Waals surface area contributed by atoms with Gasteiger partial charge in [-0.05, 0) is 31.1 Å². The van der Waals surface area contributed by atoms with Gasteiger partial charge in [0.2, 0.25) is 5.91 Å². The fraction of sp³-hybridized carbons (Fsp3) is 0.933. The Morgan fingerprint density at radius 2 is 1.89 bits per heavy atom. The molecule has 3 nitrogen and oxygen atoms in total. The molecule has 0 radical (unpaired) electrons. The van der Waals surface area contributed by atoms with E-state index < -0.39 is 0 Å².